The first kappa shape index (κ1) is 79.0. The molecule has 0 bridgehead atoms. The number of fused-ring (bicyclic) bond motifs is 12. The molecule has 121 heavy (non-hydrogen) atoms. The number of hydrogen-bond donors (Lipinski definition) is 2. The van der Waals surface area contributed by atoms with Crippen LogP contribution in [0.3, 0.4) is 0 Å². The first-order chi connectivity index (χ1) is 58.3. The zero-order valence-electron chi connectivity index (χ0n) is 65.9. The van der Waals surface area contributed by atoms with Crippen LogP contribution in [-0.4, -0.2) is 27.3 Å². The molecule has 19 aromatic carbocycles. The van der Waals surface area contributed by atoms with Crippen LogP contribution in [0.4, 0.5) is 0 Å². The van der Waals surface area contributed by atoms with Gasteiger partial charge in [0.05, 0.1) is 0 Å². The summed E-state index contributed by atoms with van der Waals surface area (Å²) >= 11 is 0. The normalized spacial score (nSPS) is 14.7. The monoisotopic (exact) mass is 1550 g/mol. The second-order valence-electron chi connectivity index (χ2n) is 30.2. The van der Waals surface area contributed by atoms with E-state index in [1.54, 1.807) is 0 Å². The Morgan fingerprint density at radius 3 is 0.612 bits per heavy atom. The number of ketones is 2. The summed E-state index contributed by atoms with van der Waals surface area (Å²) in [5.74, 6) is 0.0815. The van der Waals surface area contributed by atoms with Crippen LogP contribution in [0.5, 0.6) is 0 Å². The van der Waals surface area contributed by atoms with Crippen LogP contribution in [0.25, 0.3) is 98.8 Å². The van der Waals surface area contributed by atoms with Gasteiger partial charge in [0.25, 0.3) is 0 Å². The second-order valence-corrected chi connectivity index (χ2v) is 30.2. The van der Waals surface area contributed by atoms with Gasteiger partial charge in [-0.3, -0.25) is 9.59 Å². The van der Waals surface area contributed by atoms with Gasteiger partial charge in [-0.05, 0) is 154 Å². The van der Waals surface area contributed by atoms with E-state index in [-0.39, 0.29) is 43.3 Å². The predicted molar refractivity (Wildman–Crippen MR) is 494 cm³/mol. The summed E-state index contributed by atoms with van der Waals surface area (Å²) in [7, 11) is 0. The topological polar surface area (TPSA) is 106 Å². The van der Waals surface area contributed by atoms with Gasteiger partial charge >= 0.3 is 18.9 Å². The van der Waals surface area contributed by atoms with E-state index in [1.165, 1.54) is 76.5 Å². The molecular weight excluding hydrogens is 1470 g/mol. The van der Waals surface area contributed by atoms with Crippen molar-refractivity contribution >= 4 is 76.9 Å². The van der Waals surface area contributed by atoms with Crippen molar-refractivity contribution in [3.05, 3.63) is 549 Å². The summed E-state index contributed by atoms with van der Waals surface area (Å²) in [5.41, 5.74) is 24.6. The van der Waals surface area contributed by atoms with Crippen LogP contribution >= 0.6 is 0 Å². The van der Waals surface area contributed by atoms with Gasteiger partial charge in [0.15, 0.2) is 11.6 Å². The number of aliphatic hydroxyl groups is 2. The molecule has 0 atom stereocenters. The van der Waals surface area contributed by atoms with E-state index in [9.17, 15) is 19.8 Å². The molecule has 6 heteroatoms. The quantitative estimate of drug-likeness (QED) is 0.102. The summed E-state index contributed by atoms with van der Waals surface area (Å²) in [6.45, 7) is 0. The van der Waals surface area contributed by atoms with E-state index in [1.807, 2.05) is 261 Å². The molecule has 23 rings (SSSR count). The molecule has 0 radical (unpaired) electrons. The third-order valence-corrected chi connectivity index (χ3v) is 23.8. The van der Waals surface area contributed by atoms with Crippen LogP contribution in [-0.2, 0) is 11.2 Å². The molecule has 4 aliphatic carbocycles. The Balaban J connectivity index is 0.000000125. The van der Waals surface area contributed by atoms with Gasteiger partial charge in [0, 0.05) is 44.5 Å². The molecule has 0 aromatic heterocycles. The minimum Gasteiger partial charge on any atom is -0.412 e. The van der Waals surface area contributed by atoms with Crippen LogP contribution in [0.1, 0.15) is 117 Å². The van der Waals surface area contributed by atoms with Gasteiger partial charge < -0.3 is 15.7 Å². The molecule has 0 saturated heterocycles. The maximum Gasteiger partial charge on any atom is 1.00 e. The van der Waals surface area contributed by atoms with Crippen molar-refractivity contribution < 1.29 is 44.1 Å². The average Bonchev–Trinajstić information content (AvgIpc) is 0.703. The van der Waals surface area contributed by atoms with Gasteiger partial charge in [-0.25, -0.2) is 0 Å². The molecule has 0 spiro atoms. The zero-order valence-corrected chi connectivity index (χ0v) is 65.9. The third kappa shape index (κ3) is 13.3. The average molecular weight is 1550 g/mol. The fourth-order valence-corrected chi connectivity index (χ4v) is 18.9. The molecule has 4 N–H and O–H groups in total. The molecule has 0 amide bonds. The van der Waals surface area contributed by atoms with Crippen molar-refractivity contribution in [3.63, 3.8) is 0 Å². The SMILES string of the molecule is C.O.O=C1c2ccccc2C(=C2c3ccccc3C(=O)c3ccccc32)c2ccccc21.OC1(c2ccccc2)c2ccccc2C(=C2c3ccccc3C(O)(c3ccccc3)c3ccccc32)c2ccccc21.[Li+].[c-]1ccccc1.c1ccc(-c2c3ccccc3c(-c3c4ccccc4c(-c4ccccc4)c4ccccc34)c3ccccc23)cc1. The summed E-state index contributed by atoms with van der Waals surface area (Å²) in [6.07, 6.45) is 0. The van der Waals surface area contributed by atoms with E-state index in [2.05, 4.69) is 188 Å². The molecule has 572 valence electrons. The van der Waals surface area contributed by atoms with Gasteiger partial charge in [-0.15, -0.1) is 0 Å². The van der Waals surface area contributed by atoms with Crippen molar-refractivity contribution in [2.24, 2.45) is 0 Å². The van der Waals surface area contributed by atoms with Crippen molar-refractivity contribution in [1.82, 2.24) is 0 Å². The Morgan fingerprint density at radius 2 is 0.380 bits per heavy atom. The molecule has 0 heterocycles. The zero-order chi connectivity index (χ0) is 79.3. The Morgan fingerprint density at radius 1 is 0.198 bits per heavy atom. The van der Waals surface area contributed by atoms with Gasteiger partial charge in [-0.1, -0.05) is 420 Å². The van der Waals surface area contributed by atoms with Gasteiger partial charge in [-0.2, -0.15) is 36.4 Å². The molecule has 19 aromatic rings. The molecule has 0 fully saturated rings. The van der Waals surface area contributed by atoms with Crippen LogP contribution in [0.15, 0.2) is 443 Å². The van der Waals surface area contributed by atoms with E-state index >= 15 is 0 Å². The molecule has 0 aliphatic heterocycles. The molecule has 0 unspecified atom stereocenters. The van der Waals surface area contributed by atoms with Crippen LogP contribution in [0.2, 0.25) is 0 Å². The fourth-order valence-electron chi connectivity index (χ4n) is 18.9. The fraction of sp³-hybridized carbons (Fsp3) is 0.0261. The van der Waals surface area contributed by atoms with E-state index in [0.717, 1.165) is 100 Å². The van der Waals surface area contributed by atoms with E-state index < -0.39 is 11.2 Å². The first-order valence-electron chi connectivity index (χ1n) is 40.1. The van der Waals surface area contributed by atoms with Crippen LogP contribution < -0.4 is 18.9 Å². The molecular formula is C115H81LiO5. The summed E-state index contributed by atoms with van der Waals surface area (Å²) < 4.78 is 0. The van der Waals surface area contributed by atoms with Gasteiger partial charge in [0.2, 0.25) is 0 Å². The standard InChI is InChI=1S/C40H28O2.C40H26.C28H16O2.C6H5.CH4.Li.H2O/c41-39(27-15-3-1-4-16-27)33-23-11-7-19-29(33)37(30-20-8-12-24-34(30)39)38-31-21-9-13-25-35(31)40(42,28-17-5-2-6-18-28)36-26-14-10-22-32(36)38;1-3-15-27(16-4-1)37-29-19-7-11-23-33(29)39(34-24-12-8-20-30(34)37)40-35-25-13-9-21-31(35)38(28-17-5-2-6-18-28)32-22-10-14-26-36(32)40;29-27-21-13-5-1-9-17(21)25(18-10-2-6-14-22(18)27)26-19-11-3-7-15-23(19)28(30)24-16-8-4-12-20(24)26;1-2-4-6-5-3-1;;;/h1-26,41-42H;1-26H;1-16H;1-5H;1H4;;1H2/q;;;-1;;+1;. The van der Waals surface area contributed by atoms with Crippen molar-refractivity contribution in [3.8, 4) is 33.4 Å². The number of hydrogen-bond acceptors (Lipinski definition) is 4. The number of carbonyl (C=O) groups excluding carboxylic acids is 2. The molecule has 0 saturated carbocycles. The summed E-state index contributed by atoms with van der Waals surface area (Å²) in [4.78, 5) is 26.4. The number of rotatable bonds is 5. The van der Waals surface area contributed by atoms with E-state index in [4.69, 9.17) is 0 Å². The largest absolute Gasteiger partial charge is 1.00 e. The van der Waals surface area contributed by atoms with E-state index in [0.29, 0.717) is 22.3 Å². The van der Waals surface area contributed by atoms with Gasteiger partial charge in [0.1, 0.15) is 11.2 Å². The summed E-state index contributed by atoms with van der Waals surface area (Å²) in [6, 6.07) is 154. The summed E-state index contributed by atoms with van der Waals surface area (Å²) in [5, 5.41) is 35.7. The third-order valence-electron chi connectivity index (χ3n) is 23.8. The second kappa shape index (κ2) is 33.5. The molecule has 5 nitrogen and oxygen atoms in total. The minimum absolute atomic E-state index is 0. The Kier molecular flexibility index (Phi) is 21.9. The maximum absolute atomic E-state index is 13.2. The number of benzene rings is 19. The van der Waals surface area contributed by atoms with Crippen molar-refractivity contribution in [1.29, 1.82) is 0 Å². The number of carbonyl (C=O) groups is 2. The Bertz CT molecular complexity index is 6480. The first-order valence-corrected chi connectivity index (χ1v) is 40.1. The maximum atomic E-state index is 13.2. The smallest absolute Gasteiger partial charge is 0.412 e. The Labute approximate surface area is 717 Å². The minimum atomic E-state index is -1.32. The van der Waals surface area contributed by atoms with Crippen LogP contribution in [0, 0.1) is 6.07 Å². The predicted octanol–water partition coefficient (Wildman–Crippen LogP) is 23.3. The van der Waals surface area contributed by atoms with Crippen molar-refractivity contribution in [2.75, 3.05) is 0 Å². The van der Waals surface area contributed by atoms with Crippen molar-refractivity contribution in [2.45, 2.75) is 18.6 Å². The molecule has 4 aliphatic rings. The Hall–Kier alpha value is -14.5.